The van der Waals surface area contributed by atoms with Gasteiger partial charge in [0.25, 0.3) is 0 Å². The van der Waals surface area contributed by atoms with Crippen molar-refractivity contribution in [3.8, 4) is 0 Å². The molecule has 1 aromatic carbocycles. The van der Waals surface area contributed by atoms with Crippen LogP contribution in [0.15, 0.2) is 36.5 Å². The summed E-state index contributed by atoms with van der Waals surface area (Å²) in [4.78, 5) is 6.93. The standard InChI is InChI=1S/C17H25N3/c1-5-20(6-2)17(3,4)16(18)14-11-7-9-13-10-8-12-19-15(13)14/h7-12,16H,5-6,18H2,1-4H3. The number of benzene rings is 1. The van der Waals surface area contributed by atoms with Crippen molar-refractivity contribution in [2.75, 3.05) is 13.1 Å². The van der Waals surface area contributed by atoms with E-state index in [0.29, 0.717) is 0 Å². The third-order valence-electron chi connectivity index (χ3n) is 4.34. The maximum Gasteiger partial charge on any atom is 0.0750 e. The number of rotatable bonds is 5. The number of pyridine rings is 1. The Morgan fingerprint density at radius 1 is 1.15 bits per heavy atom. The van der Waals surface area contributed by atoms with E-state index in [2.05, 4.69) is 61.8 Å². The van der Waals surface area contributed by atoms with Gasteiger partial charge in [0, 0.05) is 23.2 Å². The molecule has 0 amide bonds. The zero-order valence-electron chi connectivity index (χ0n) is 12.9. The summed E-state index contributed by atoms with van der Waals surface area (Å²) < 4.78 is 0. The summed E-state index contributed by atoms with van der Waals surface area (Å²) in [6, 6.07) is 10.2. The third kappa shape index (κ3) is 2.56. The van der Waals surface area contributed by atoms with Gasteiger partial charge < -0.3 is 5.73 Å². The van der Waals surface area contributed by atoms with Crippen LogP contribution in [0.2, 0.25) is 0 Å². The molecule has 0 aliphatic rings. The van der Waals surface area contributed by atoms with Gasteiger partial charge in [-0.15, -0.1) is 0 Å². The van der Waals surface area contributed by atoms with Gasteiger partial charge in [-0.1, -0.05) is 38.1 Å². The predicted octanol–water partition coefficient (Wildman–Crippen LogP) is 3.36. The van der Waals surface area contributed by atoms with Crippen LogP contribution in [0.25, 0.3) is 10.9 Å². The van der Waals surface area contributed by atoms with Crippen molar-refractivity contribution in [3.63, 3.8) is 0 Å². The van der Waals surface area contributed by atoms with Crippen LogP contribution in [-0.4, -0.2) is 28.5 Å². The molecule has 2 rings (SSSR count). The summed E-state index contributed by atoms with van der Waals surface area (Å²) in [5, 5.41) is 1.15. The molecule has 0 saturated carbocycles. The fraction of sp³-hybridized carbons (Fsp3) is 0.471. The van der Waals surface area contributed by atoms with Crippen molar-refractivity contribution in [1.82, 2.24) is 9.88 Å². The van der Waals surface area contributed by atoms with Gasteiger partial charge in [-0.25, -0.2) is 0 Å². The van der Waals surface area contributed by atoms with Crippen LogP contribution in [0.5, 0.6) is 0 Å². The molecule has 0 spiro atoms. The molecule has 1 unspecified atom stereocenters. The zero-order valence-corrected chi connectivity index (χ0v) is 12.9. The monoisotopic (exact) mass is 271 g/mol. The Balaban J connectivity index is 2.48. The number of nitrogens with zero attached hydrogens (tertiary/aromatic N) is 2. The van der Waals surface area contributed by atoms with E-state index in [-0.39, 0.29) is 11.6 Å². The quantitative estimate of drug-likeness (QED) is 0.906. The number of hydrogen-bond donors (Lipinski definition) is 1. The summed E-state index contributed by atoms with van der Waals surface area (Å²) >= 11 is 0. The summed E-state index contributed by atoms with van der Waals surface area (Å²) in [5.41, 5.74) is 8.65. The van der Waals surface area contributed by atoms with E-state index in [1.807, 2.05) is 12.3 Å². The fourth-order valence-electron chi connectivity index (χ4n) is 2.99. The molecule has 0 aliphatic heterocycles. The molecule has 1 atom stereocenters. The summed E-state index contributed by atoms with van der Waals surface area (Å²) in [6.07, 6.45) is 1.84. The smallest absolute Gasteiger partial charge is 0.0750 e. The normalized spacial score (nSPS) is 13.9. The number of likely N-dealkylation sites (N-methyl/N-ethyl adjacent to an activating group) is 1. The molecule has 108 valence electrons. The number of hydrogen-bond acceptors (Lipinski definition) is 3. The van der Waals surface area contributed by atoms with Crippen LogP contribution in [0.4, 0.5) is 0 Å². The molecule has 3 heteroatoms. The van der Waals surface area contributed by atoms with Crippen LogP contribution in [0, 0.1) is 0 Å². The SMILES string of the molecule is CCN(CC)C(C)(C)C(N)c1cccc2cccnc12. The Bertz CT molecular complexity index is 568. The number of para-hydroxylation sites is 1. The molecule has 0 fully saturated rings. The van der Waals surface area contributed by atoms with Crippen LogP contribution in [-0.2, 0) is 0 Å². The maximum absolute atomic E-state index is 6.61. The maximum atomic E-state index is 6.61. The Morgan fingerprint density at radius 3 is 2.45 bits per heavy atom. The lowest BCUT2D eigenvalue weighted by Crippen LogP contribution is -2.51. The summed E-state index contributed by atoms with van der Waals surface area (Å²) in [6.45, 7) is 10.8. The van der Waals surface area contributed by atoms with Crippen molar-refractivity contribution in [2.24, 2.45) is 5.73 Å². The molecule has 0 saturated heterocycles. The van der Waals surface area contributed by atoms with E-state index < -0.39 is 0 Å². The molecule has 3 nitrogen and oxygen atoms in total. The second-order valence-corrected chi connectivity index (χ2v) is 5.73. The third-order valence-corrected chi connectivity index (χ3v) is 4.34. The van der Waals surface area contributed by atoms with Crippen molar-refractivity contribution < 1.29 is 0 Å². The van der Waals surface area contributed by atoms with Gasteiger partial charge in [0.05, 0.1) is 5.52 Å². The Morgan fingerprint density at radius 2 is 1.80 bits per heavy atom. The van der Waals surface area contributed by atoms with Gasteiger partial charge in [-0.05, 0) is 38.6 Å². The number of fused-ring (bicyclic) bond motifs is 1. The highest BCUT2D eigenvalue weighted by atomic mass is 15.2. The first-order valence-corrected chi connectivity index (χ1v) is 7.36. The van der Waals surface area contributed by atoms with E-state index in [0.717, 1.165) is 29.6 Å². The van der Waals surface area contributed by atoms with Gasteiger partial charge in [0.2, 0.25) is 0 Å². The van der Waals surface area contributed by atoms with E-state index >= 15 is 0 Å². The zero-order chi connectivity index (χ0) is 14.8. The van der Waals surface area contributed by atoms with E-state index in [1.54, 1.807) is 0 Å². The molecule has 1 heterocycles. The van der Waals surface area contributed by atoms with Gasteiger partial charge in [0.1, 0.15) is 0 Å². The van der Waals surface area contributed by atoms with Crippen LogP contribution in [0.1, 0.15) is 39.3 Å². The summed E-state index contributed by atoms with van der Waals surface area (Å²) in [7, 11) is 0. The minimum atomic E-state index is -0.102. The predicted molar refractivity (Wildman–Crippen MR) is 85.7 cm³/mol. The van der Waals surface area contributed by atoms with Gasteiger partial charge in [-0.2, -0.15) is 0 Å². The minimum absolute atomic E-state index is 0.0685. The largest absolute Gasteiger partial charge is 0.322 e. The Hall–Kier alpha value is -1.45. The van der Waals surface area contributed by atoms with Gasteiger partial charge in [-0.3, -0.25) is 9.88 Å². The second-order valence-electron chi connectivity index (χ2n) is 5.73. The minimum Gasteiger partial charge on any atom is -0.322 e. The molecule has 0 bridgehead atoms. The number of nitrogens with two attached hydrogens (primary N) is 1. The molecular formula is C17H25N3. The highest BCUT2D eigenvalue weighted by molar-refractivity contribution is 5.82. The highest BCUT2D eigenvalue weighted by Crippen LogP contribution is 2.32. The average molecular weight is 271 g/mol. The molecule has 0 radical (unpaired) electrons. The van der Waals surface area contributed by atoms with Crippen molar-refractivity contribution >= 4 is 10.9 Å². The molecule has 1 aromatic heterocycles. The van der Waals surface area contributed by atoms with Crippen molar-refractivity contribution in [1.29, 1.82) is 0 Å². The second kappa shape index (κ2) is 5.90. The van der Waals surface area contributed by atoms with Crippen LogP contribution >= 0.6 is 0 Å². The van der Waals surface area contributed by atoms with E-state index in [1.165, 1.54) is 0 Å². The lowest BCUT2D eigenvalue weighted by atomic mass is 9.86. The van der Waals surface area contributed by atoms with Gasteiger partial charge in [0.15, 0.2) is 0 Å². The molecule has 20 heavy (non-hydrogen) atoms. The first-order valence-electron chi connectivity index (χ1n) is 7.36. The fourth-order valence-corrected chi connectivity index (χ4v) is 2.99. The molecule has 2 N–H and O–H groups in total. The first-order chi connectivity index (χ1) is 9.52. The summed E-state index contributed by atoms with van der Waals surface area (Å²) in [5.74, 6) is 0. The van der Waals surface area contributed by atoms with E-state index in [9.17, 15) is 0 Å². The lowest BCUT2D eigenvalue weighted by Gasteiger charge is -2.42. The van der Waals surface area contributed by atoms with Crippen molar-refractivity contribution in [3.05, 3.63) is 42.1 Å². The Kier molecular flexibility index (Phi) is 4.41. The van der Waals surface area contributed by atoms with Crippen molar-refractivity contribution in [2.45, 2.75) is 39.3 Å². The van der Waals surface area contributed by atoms with E-state index in [4.69, 9.17) is 5.73 Å². The molecule has 0 aliphatic carbocycles. The average Bonchev–Trinajstić information content (AvgIpc) is 2.47. The highest BCUT2D eigenvalue weighted by Gasteiger charge is 2.33. The Labute approximate surface area is 121 Å². The van der Waals surface area contributed by atoms with Gasteiger partial charge >= 0.3 is 0 Å². The number of aromatic nitrogens is 1. The first kappa shape index (κ1) is 14.9. The topological polar surface area (TPSA) is 42.1 Å². The van der Waals surface area contributed by atoms with Crippen LogP contribution < -0.4 is 5.73 Å². The van der Waals surface area contributed by atoms with Crippen LogP contribution in [0.3, 0.4) is 0 Å². The molecule has 2 aromatic rings. The molecular weight excluding hydrogens is 246 g/mol. The lowest BCUT2D eigenvalue weighted by molar-refractivity contribution is 0.107.